The number of ether oxygens (including phenoxy) is 4. The molecule has 1 aromatic heterocycles. The highest BCUT2D eigenvalue weighted by molar-refractivity contribution is 5.79. The number of rotatable bonds is 0. The van der Waals surface area contributed by atoms with E-state index in [2.05, 4.69) is 0 Å². The summed E-state index contributed by atoms with van der Waals surface area (Å²) in [7, 11) is 0. The molecule has 0 saturated heterocycles. The monoisotopic (exact) mass is 459 g/mol. The first-order valence-electron chi connectivity index (χ1n) is 12.7. The van der Waals surface area contributed by atoms with Crippen LogP contribution in [-0.4, -0.2) is 31.4 Å². The molecule has 0 spiro atoms. The highest BCUT2D eigenvalue weighted by Gasteiger charge is 2.20. The number of aromatic nitrogens is 1. The lowest BCUT2D eigenvalue weighted by molar-refractivity contribution is 0.276. The molecule has 0 saturated carbocycles. The van der Waals surface area contributed by atoms with Gasteiger partial charge in [0.25, 0.3) is 0 Å². The third-order valence-electron chi connectivity index (χ3n) is 6.34. The minimum absolute atomic E-state index is 0.676. The van der Waals surface area contributed by atoms with Gasteiger partial charge in [0.05, 0.1) is 48.9 Å². The molecule has 0 amide bonds. The molecule has 0 N–H and O–H groups in total. The van der Waals surface area contributed by atoms with E-state index in [1.807, 2.05) is 54.6 Å². The third-order valence-corrected chi connectivity index (χ3v) is 6.34. The molecule has 5 nitrogen and oxygen atoms in total. The average Bonchev–Trinajstić information content (AvgIpc) is 2.87. The van der Waals surface area contributed by atoms with Gasteiger partial charge in [0.15, 0.2) is 0 Å². The number of hydrogen-bond donors (Lipinski definition) is 0. The summed E-state index contributed by atoms with van der Waals surface area (Å²) in [4.78, 5) is 5.10. The number of benzene rings is 2. The van der Waals surface area contributed by atoms with Crippen molar-refractivity contribution in [3.8, 4) is 45.5 Å². The van der Waals surface area contributed by atoms with Gasteiger partial charge in [-0.2, -0.15) is 0 Å². The van der Waals surface area contributed by atoms with Gasteiger partial charge in [-0.15, -0.1) is 0 Å². The van der Waals surface area contributed by atoms with Crippen LogP contribution in [-0.2, 0) is 0 Å². The Morgan fingerprint density at radius 3 is 1.09 bits per heavy atom. The summed E-state index contributed by atoms with van der Waals surface area (Å²) in [6.45, 7) is 2.70. The third kappa shape index (κ3) is 5.30. The Morgan fingerprint density at radius 1 is 0.412 bits per heavy atom. The van der Waals surface area contributed by atoms with Crippen LogP contribution in [0.15, 0.2) is 54.6 Å². The molecular formula is C29H33NO4. The lowest BCUT2D eigenvalue weighted by Crippen LogP contribution is -2.04. The van der Waals surface area contributed by atoms with Gasteiger partial charge in [0, 0.05) is 0 Å². The zero-order chi connectivity index (χ0) is 23.0. The molecule has 0 atom stereocenters. The van der Waals surface area contributed by atoms with Crippen molar-refractivity contribution in [2.75, 3.05) is 26.4 Å². The fourth-order valence-electron chi connectivity index (χ4n) is 4.57. The molecule has 5 heteroatoms. The van der Waals surface area contributed by atoms with Gasteiger partial charge in [-0.25, -0.2) is 4.98 Å². The highest BCUT2D eigenvalue weighted by Crippen LogP contribution is 2.42. The van der Waals surface area contributed by atoms with Crippen molar-refractivity contribution in [3.63, 3.8) is 0 Å². The van der Waals surface area contributed by atoms with Crippen LogP contribution in [0.4, 0.5) is 0 Å². The Kier molecular flexibility index (Phi) is 7.49. The SMILES string of the molecule is c1cc2nc(c1)-c1c3cccc1OCCCCCCOc1cccc(c1-2)OCCCCCCO3. The van der Waals surface area contributed by atoms with E-state index in [4.69, 9.17) is 23.9 Å². The van der Waals surface area contributed by atoms with Gasteiger partial charge in [0.1, 0.15) is 23.0 Å². The van der Waals surface area contributed by atoms with Gasteiger partial charge < -0.3 is 18.9 Å². The van der Waals surface area contributed by atoms with E-state index in [0.717, 1.165) is 96.9 Å². The summed E-state index contributed by atoms with van der Waals surface area (Å²) in [5.41, 5.74) is 3.48. The van der Waals surface area contributed by atoms with E-state index in [9.17, 15) is 0 Å². The predicted molar refractivity (Wildman–Crippen MR) is 134 cm³/mol. The van der Waals surface area contributed by atoms with E-state index in [-0.39, 0.29) is 0 Å². The Labute approximate surface area is 202 Å². The minimum atomic E-state index is 0.676. The van der Waals surface area contributed by atoms with Crippen LogP contribution in [0, 0.1) is 0 Å². The second-order valence-electron chi connectivity index (χ2n) is 8.89. The van der Waals surface area contributed by atoms with Crippen LogP contribution in [0.25, 0.3) is 22.5 Å². The topological polar surface area (TPSA) is 49.8 Å². The largest absolute Gasteiger partial charge is 0.493 e. The van der Waals surface area contributed by atoms with Crippen molar-refractivity contribution in [1.82, 2.24) is 4.98 Å². The van der Waals surface area contributed by atoms with Crippen LogP contribution < -0.4 is 18.9 Å². The summed E-state index contributed by atoms with van der Waals surface area (Å²) in [5, 5.41) is 0. The summed E-state index contributed by atoms with van der Waals surface area (Å²) in [6.07, 6.45) is 8.46. The van der Waals surface area contributed by atoms with Crippen molar-refractivity contribution in [2.24, 2.45) is 0 Å². The normalized spacial score (nSPS) is 16.9. The molecule has 3 aromatic rings. The summed E-state index contributed by atoms with van der Waals surface area (Å²) >= 11 is 0. The highest BCUT2D eigenvalue weighted by atomic mass is 16.5. The van der Waals surface area contributed by atoms with Gasteiger partial charge >= 0.3 is 0 Å². The number of nitrogens with zero attached hydrogens (tertiary/aromatic N) is 1. The molecule has 3 heterocycles. The second-order valence-corrected chi connectivity index (χ2v) is 8.89. The van der Waals surface area contributed by atoms with E-state index in [1.165, 1.54) is 0 Å². The smallest absolute Gasteiger partial charge is 0.132 e. The molecule has 178 valence electrons. The van der Waals surface area contributed by atoms with Crippen molar-refractivity contribution < 1.29 is 18.9 Å². The standard InChI is InChI=1S/C29H33NO4/c1-2-6-19-32-25-15-11-17-27-29(25)23-13-9-12-22(30-23)28-24(31-18-5-1)14-10-16-26(28)33-20-7-3-4-8-21-34-27/h9-17H,1-8,18-21H2. The average molecular weight is 460 g/mol. The van der Waals surface area contributed by atoms with Crippen molar-refractivity contribution >= 4 is 0 Å². The van der Waals surface area contributed by atoms with Crippen LogP contribution in [0.1, 0.15) is 51.4 Å². The fraction of sp³-hybridized carbons (Fsp3) is 0.414. The lowest BCUT2D eigenvalue weighted by atomic mass is 10.0. The Bertz CT molecular complexity index is 958. The first kappa shape index (κ1) is 22.6. The van der Waals surface area contributed by atoms with Crippen molar-refractivity contribution in [1.29, 1.82) is 0 Å². The van der Waals surface area contributed by atoms with Crippen LogP contribution >= 0.6 is 0 Å². The second kappa shape index (κ2) is 11.3. The zero-order valence-corrected chi connectivity index (χ0v) is 19.8. The minimum Gasteiger partial charge on any atom is -0.493 e. The van der Waals surface area contributed by atoms with Gasteiger partial charge in [-0.1, -0.05) is 18.2 Å². The maximum absolute atomic E-state index is 6.28. The van der Waals surface area contributed by atoms with E-state index < -0.39 is 0 Å². The van der Waals surface area contributed by atoms with E-state index >= 15 is 0 Å². The Morgan fingerprint density at radius 2 is 0.735 bits per heavy atom. The summed E-state index contributed by atoms with van der Waals surface area (Å²) < 4.78 is 25.1. The first-order chi connectivity index (χ1) is 16.9. The molecule has 2 aliphatic heterocycles. The molecule has 0 fully saturated rings. The van der Waals surface area contributed by atoms with Crippen molar-refractivity contribution in [2.45, 2.75) is 51.4 Å². The molecule has 2 aromatic carbocycles. The fourth-order valence-corrected chi connectivity index (χ4v) is 4.57. The molecule has 2 aliphatic rings. The molecule has 0 radical (unpaired) electrons. The number of pyridine rings is 1. The summed E-state index contributed by atoms with van der Waals surface area (Å²) in [6, 6.07) is 18.2. The van der Waals surface area contributed by atoms with Gasteiger partial charge in [-0.05, 0) is 87.8 Å². The zero-order valence-electron chi connectivity index (χ0n) is 19.8. The molecule has 0 aliphatic carbocycles. The Balaban J connectivity index is 1.68. The Hall–Kier alpha value is -3.21. The van der Waals surface area contributed by atoms with Crippen LogP contribution in [0.5, 0.6) is 23.0 Å². The summed E-state index contributed by atoms with van der Waals surface area (Å²) in [5.74, 6) is 3.29. The van der Waals surface area contributed by atoms with Crippen LogP contribution in [0.3, 0.4) is 0 Å². The maximum Gasteiger partial charge on any atom is 0.132 e. The van der Waals surface area contributed by atoms with E-state index in [1.54, 1.807) is 0 Å². The van der Waals surface area contributed by atoms with Crippen molar-refractivity contribution in [3.05, 3.63) is 54.6 Å². The predicted octanol–water partition coefficient (Wildman–Crippen LogP) is 7.08. The molecule has 5 rings (SSSR count). The molecular weight excluding hydrogens is 426 g/mol. The maximum atomic E-state index is 6.28. The lowest BCUT2D eigenvalue weighted by Gasteiger charge is -2.18. The first-order valence-corrected chi connectivity index (χ1v) is 12.7. The van der Waals surface area contributed by atoms with Crippen LogP contribution in [0.2, 0.25) is 0 Å². The molecule has 4 bridgehead atoms. The van der Waals surface area contributed by atoms with Gasteiger partial charge in [0.2, 0.25) is 0 Å². The number of hydrogen-bond acceptors (Lipinski definition) is 5. The molecule has 0 unspecified atom stereocenters. The van der Waals surface area contributed by atoms with E-state index in [0.29, 0.717) is 26.4 Å². The molecule has 34 heavy (non-hydrogen) atoms. The quantitative estimate of drug-likeness (QED) is 0.359. The van der Waals surface area contributed by atoms with Gasteiger partial charge in [-0.3, -0.25) is 0 Å².